The molecule has 3 heterocycles. The number of halogens is 3. The minimum Gasteiger partial charge on any atom is -0.423 e. The van der Waals surface area contributed by atoms with Crippen molar-refractivity contribution in [3.63, 3.8) is 0 Å². The van der Waals surface area contributed by atoms with Crippen molar-refractivity contribution in [2.24, 2.45) is 0 Å². The van der Waals surface area contributed by atoms with Gasteiger partial charge in [-0.05, 0) is 23.8 Å². The predicted octanol–water partition coefficient (Wildman–Crippen LogP) is 4.73. The quantitative estimate of drug-likeness (QED) is 0.495. The predicted molar refractivity (Wildman–Crippen MR) is 95.4 cm³/mol. The lowest BCUT2D eigenvalue weighted by molar-refractivity contribution is 0.146. The number of benzene rings is 1. The summed E-state index contributed by atoms with van der Waals surface area (Å²) in [5.41, 5.74) is 1.68. The maximum Gasteiger partial charge on any atom is 0.266 e. The van der Waals surface area contributed by atoms with Crippen molar-refractivity contribution >= 4 is 11.0 Å². The van der Waals surface area contributed by atoms with E-state index in [9.17, 15) is 13.2 Å². The number of rotatable bonds is 5. The molecule has 0 amide bonds. The molecule has 0 unspecified atom stereocenters. The molecule has 3 aromatic heterocycles. The molecule has 0 saturated heterocycles. The molecule has 0 radical (unpaired) electrons. The largest absolute Gasteiger partial charge is 0.423 e. The van der Waals surface area contributed by atoms with E-state index >= 15 is 0 Å². The number of fused-ring (bicyclic) bond motifs is 1. The van der Waals surface area contributed by atoms with Gasteiger partial charge < -0.3 is 4.42 Å². The molecule has 0 aliphatic rings. The maximum atomic E-state index is 13.6. The molecule has 0 fully saturated rings. The Bertz CT molecular complexity index is 1140. The summed E-state index contributed by atoms with van der Waals surface area (Å²) in [6.45, 7) is 4.15. The molecule has 0 bridgehead atoms. The fourth-order valence-electron chi connectivity index (χ4n) is 2.82. The van der Waals surface area contributed by atoms with Crippen molar-refractivity contribution < 1.29 is 17.6 Å². The third-order valence-corrected chi connectivity index (χ3v) is 4.32. The third-order valence-electron chi connectivity index (χ3n) is 4.32. The molecule has 28 heavy (non-hydrogen) atoms. The molecule has 1 aromatic carbocycles. The third kappa shape index (κ3) is 3.35. The minimum atomic E-state index is -2.89. The Hall–Kier alpha value is -3.23. The van der Waals surface area contributed by atoms with Gasteiger partial charge in [-0.15, -0.1) is 10.2 Å². The number of hydrogen-bond acceptors (Lipinski definition) is 5. The van der Waals surface area contributed by atoms with Gasteiger partial charge >= 0.3 is 0 Å². The van der Waals surface area contributed by atoms with Gasteiger partial charge in [-0.3, -0.25) is 9.67 Å². The summed E-state index contributed by atoms with van der Waals surface area (Å²) < 4.78 is 46.8. The molecule has 4 rings (SSSR count). The number of aromatic nitrogens is 5. The Balaban J connectivity index is 1.71. The zero-order chi connectivity index (χ0) is 19.8. The van der Waals surface area contributed by atoms with Crippen LogP contribution in [0.15, 0.2) is 41.1 Å². The standard InChI is InChI=1S/C19H16F3N5O/c1-10(2)19-26-25-17(28-19)9-27-16-6-12(7-23-15(16)8-24-27)11-3-4-14(20)13(5-11)18(21)22/h3-8,10,18H,9H2,1-2H3. The van der Waals surface area contributed by atoms with Gasteiger partial charge in [0, 0.05) is 17.7 Å². The van der Waals surface area contributed by atoms with E-state index in [2.05, 4.69) is 20.3 Å². The highest BCUT2D eigenvalue weighted by atomic mass is 19.3. The smallest absolute Gasteiger partial charge is 0.266 e. The lowest BCUT2D eigenvalue weighted by atomic mass is 10.0. The second-order valence-electron chi connectivity index (χ2n) is 6.66. The molecular weight excluding hydrogens is 371 g/mol. The highest BCUT2D eigenvalue weighted by Gasteiger charge is 2.16. The fraction of sp³-hybridized carbons (Fsp3) is 0.263. The lowest BCUT2D eigenvalue weighted by Gasteiger charge is -2.07. The van der Waals surface area contributed by atoms with Crippen LogP contribution >= 0.6 is 0 Å². The Morgan fingerprint density at radius 2 is 1.89 bits per heavy atom. The molecule has 6 nitrogen and oxygen atoms in total. The van der Waals surface area contributed by atoms with Crippen LogP contribution in [0.4, 0.5) is 13.2 Å². The summed E-state index contributed by atoms with van der Waals surface area (Å²) in [6, 6.07) is 5.37. The van der Waals surface area contributed by atoms with Gasteiger partial charge in [-0.2, -0.15) is 5.10 Å². The van der Waals surface area contributed by atoms with Gasteiger partial charge in [-0.25, -0.2) is 13.2 Å². The van der Waals surface area contributed by atoms with Crippen molar-refractivity contribution in [1.29, 1.82) is 0 Å². The van der Waals surface area contributed by atoms with Crippen LogP contribution < -0.4 is 0 Å². The molecule has 0 saturated carbocycles. The summed E-state index contributed by atoms with van der Waals surface area (Å²) >= 11 is 0. The van der Waals surface area contributed by atoms with Crippen LogP contribution in [-0.4, -0.2) is 25.0 Å². The van der Waals surface area contributed by atoms with Crippen LogP contribution in [0.3, 0.4) is 0 Å². The Morgan fingerprint density at radius 1 is 1.07 bits per heavy atom. The van der Waals surface area contributed by atoms with Crippen LogP contribution in [0.2, 0.25) is 0 Å². The van der Waals surface area contributed by atoms with Gasteiger partial charge in [0.2, 0.25) is 11.8 Å². The van der Waals surface area contributed by atoms with E-state index in [-0.39, 0.29) is 12.5 Å². The zero-order valence-corrected chi connectivity index (χ0v) is 15.1. The van der Waals surface area contributed by atoms with Crippen LogP contribution in [0.25, 0.3) is 22.2 Å². The minimum absolute atomic E-state index is 0.117. The first kappa shape index (κ1) is 18.1. The normalized spacial score (nSPS) is 11.8. The summed E-state index contributed by atoms with van der Waals surface area (Å²) in [5.74, 6) is 0.124. The first-order valence-corrected chi connectivity index (χ1v) is 8.64. The molecule has 4 aromatic rings. The summed E-state index contributed by atoms with van der Waals surface area (Å²) in [6.07, 6.45) is 0.240. The summed E-state index contributed by atoms with van der Waals surface area (Å²) in [5, 5.41) is 12.3. The Morgan fingerprint density at radius 3 is 2.61 bits per heavy atom. The Labute approximate surface area is 158 Å². The lowest BCUT2D eigenvalue weighted by Crippen LogP contribution is -2.02. The number of nitrogens with zero attached hydrogens (tertiary/aromatic N) is 5. The highest BCUT2D eigenvalue weighted by Crippen LogP contribution is 2.29. The molecular formula is C19H16F3N5O. The van der Waals surface area contributed by atoms with Gasteiger partial charge in [0.05, 0.1) is 17.3 Å². The molecule has 0 atom stereocenters. The van der Waals surface area contributed by atoms with E-state index in [0.29, 0.717) is 33.9 Å². The van der Waals surface area contributed by atoms with Crippen molar-refractivity contribution in [2.75, 3.05) is 0 Å². The average molecular weight is 387 g/mol. The number of alkyl halides is 2. The van der Waals surface area contributed by atoms with Gasteiger partial charge in [0.15, 0.2) is 0 Å². The van der Waals surface area contributed by atoms with Crippen LogP contribution in [0.5, 0.6) is 0 Å². The monoisotopic (exact) mass is 387 g/mol. The zero-order valence-electron chi connectivity index (χ0n) is 15.1. The molecule has 0 N–H and O–H groups in total. The summed E-state index contributed by atoms with van der Waals surface area (Å²) in [4.78, 5) is 4.32. The second kappa shape index (κ2) is 7.06. The fourth-order valence-corrected chi connectivity index (χ4v) is 2.82. The van der Waals surface area contributed by atoms with Crippen molar-refractivity contribution in [3.05, 3.63) is 59.8 Å². The van der Waals surface area contributed by atoms with E-state index in [4.69, 9.17) is 4.42 Å². The second-order valence-corrected chi connectivity index (χ2v) is 6.66. The average Bonchev–Trinajstić information content (AvgIpc) is 3.29. The van der Waals surface area contributed by atoms with E-state index in [0.717, 1.165) is 12.1 Å². The molecule has 0 spiro atoms. The van der Waals surface area contributed by atoms with Crippen LogP contribution in [0, 0.1) is 5.82 Å². The van der Waals surface area contributed by atoms with E-state index in [1.54, 1.807) is 23.1 Å². The van der Waals surface area contributed by atoms with Crippen LogP contribution in [0.1, 0.15) is 43.5 Å². The van der Waals surface area contributed by atoms with Gasteiger partial charge in [0.25, 0.3) is 6.43 Å². The maximum absolute atomic E-state index is 13.6. The Kier molecular flexibility index (Phi) is 4.58. The number of hydrogen-bond donors (Lipinski definition) is 0. The van der Waals surface area contributed by atoms with Crippen molar-refractivity contribution in [1.82, 2.24) is 25.0 Å². The topological polar surface area (TPSA) is 69.6 Å². The number of pyridine rings is 1. The van der Waals surface area contributed by atoms with E-state index in [1.165, 1.54) is 6.07 Å². The molecule has 9 heteroatoms. The van der Waals surface area contributed by atoms with E-state index < -0.39 is 17.8 Å². The highest BCUT2D eigenvalue weighted by molar-refractivity contribution is 5.80. The molecule has 144 valence electrons. The molecule has 0 aliphatic carbocycles. The van der Waals surface area contributed by atoms with Gasteiger partial charge in [0.1, 0.15) is 17.9 Å². The van der Waals surface area contributed by atoms with Gasteiger partial charge in [-0.1, -0.05) is 19.9 Å². The van der Waals surface area contributed by atoms with Crippen LogP contribution in [-0.2, 0) is 6.54 Å². The summed E-state index contributed by atoms with van der Waals surface area (Å²) in [7, 11) is 0. The SMILES string of the molecule is CC(C)c1nnc(Cn2ncc3ncc(-c4ccc(F)c(C(F)F)c4)cc32)o1. The van der Waals surface area contributed by atoms with E-state index in [1.807, 2.05) is 13.8 Å². The first-order valence-electron chi connectivity index (χ1n) is 8.64. The van der Waals surface area contributed by atoms with Crippen molar-refractivity contribution in [3.8, 4) is 11.1 Å². The molecule has 0 aliphatic heterocycles. The first-order chi connectivity index (χ1) is 13.4. The van der Waals surface area contributed by atoms with Crippen molar-refractivity contribution in [2.45, 2.75) is 32.7 Å².